The lowest BCUT2D eigenvalue weighted by molar-refractivity contribution is 0.357. The third-order valence-electron chi connectivity index (χ3n) is 3.71. The van der Waals surface area contributed by atoms with Crippen molar-refractivity contribution in [3.05, 3.63) is 58.4 Å². The lowest BCUT2D eigenvalue weighted by atomic mass is 10.1. The predicted molar refractivity (Wildman–Crippen MR) is 78.8 cm³/mol. The number of rotatable bonds is 3. The van der Waals surface area contributed by atoms with Crippen LogP contribution in [0.5, 0.6) is 5.75 Å². The number of nitrogens with zero attached hydrogens (tertiary/aromatic N) is 1. The minimum absolute atomic E-state index is 0.322. The Hall–Kier alpha value is -2.54. The summed E-state index contributed by atoms with van der Waals surface area (Å²) in [6.07, 6.45) is 0.931. The summed E-state index contributed by atoms with van der Waals surface area (Å²) in [4.78, 5) is 0. The molecule has 1 aliphatic heterocycles. The summed E-state index contributed by atoms with van der Waals surface area (Å²) in [6.45, 7) is 3.03. The molecule has 1 heterocycles. The summed E-state index contributed by atoms with van der Waals surface area (Å²) in [5.74, 6) is 0.589. The molecule has 0 saturated heterocycles. The number of hydrogen-bond acceptors (Lipinski definition) is 3. The smallest absolute Gasteiger partial charge is 0.129 e. The summed E-state index contributed by atoms with van der Waals surface area (Å²) in [5.41, 5.74) is 3.83. The van der Waals surface area contributed by atoms with E-state index in [2.05, 4.69) is 11.4 Å². The zero-order valence-corrected chi connectivity index (χ0v) is 11.7. The summed E-state index contributed by atoms with van der Waals surface area (Å²) in [7, 11) is 0. The second-order valence-corrected chi connectivity index (χ2v) is 5.14. The van der Waals surface area contributed by atoms with E-state index in [0.717, 1.165) is 24.3 Å². The van der Waals surface area contributed by atoms with Crippen molar-refractivity contribution in [3.8, 4) is 11.8 Å². The van der Waals surface area contributed by atoms with Gasteiger partial charge in [-0.25, -0.2) is 4.39 Å². The van der Waals surface area contributed by atoms with Crippen molar-refractivity contribution in [2.24, 2.45) is 0 Å². The summed E-state index contributed by atoms with van der Waals surface area (Å²) < 4.78 is 19.2. The van der Waals surface area contributed by atoms with Crippen molar-refractivity contribution in [3.63, 3.8) is 0 Å². The topological polar surface area (TPSA) is 45.0 Å². The van der Waals surface area contributed by atoms with Gasteiger partial charge >= 0.3 is 0 Å². The summed E-state index contributed by atoms with van der Waals surface area (Å²) >= 11 is 0. The minimum atomic E-state index is -0.362. The first-order valence-corrected chi connectivity index (χ1v) is 6.86. The van der Waals surface area contributed by atoms with Crippen LogP contribution < -0.4 is 10.1 Å². The highest BCUT2D eigenvalue weighted by Gasteiger charge is 2.12. The van der Waals surface area contributed by atoms with E-state index in [1.54, 1.807) is 13.0 Å². The van der Waals surface area contributed by atoms with E-state index < -0.39 is 0 Å². The van der Waals surface area contributed by atoms with Gasteiger partial charge in [0.25, 0.3) is 0 Å². The highest BCUT2D eigenvalue weighted by atomic mass is 19.1. The molecule has 0 atom stereocenters. The Morgan fingerprint density at radius 1 is 1.33 bits per heavy atom. The van der Waals surface area contributed by atoms with E-state index in [9.17, 15) is 4.39 Å². The predicted octanol–water partition coefficient (Wildman–Crippen LogP) is 3.55. The SMILES string of the molecule is Cc1c(F)cc(C#N)cc1NCc1ccc2c(c1)CCO2. The number of nitriles is 1. The maximum atomic E-state index is 13.7. The molecule has 4 heteroatoms. The monoisotopic (exact) mass is 282 g/mol. The van der Waals surface area contributed by atoms with Gasteiger partial charge in [-0.3, -0.25) is 0 Å². The largest absolute Gasteiger partial charge is 0.493 e. The lowest BCUT2D eigenvalue weighted by Crippen LogP contribution is -2.03. The first-order valence-electron chi connectivity index (χ1n) is 6.86. The van der Waals surface area contributed by atoms with Gasteiger partial charge in [-0.15, -0.1) is 0 Å². The van der Waals surface area contributed by atoms with E-state index in [4.69, 9.17) is 10.00 Å². The average molecular weight is 282 g/mol. The molecule has 0 spiro atoms. The summed E-state index contributed by atoms with van der Waals surface area (Å²) in [5, 5.41) is 12.1. The first-order chi connectivity index (χ1) is 10.2. The summed E-state index contributed by atoms with van der Waals surface area (Å²) in [6, 6.07) is 11.0. The third-order valence-corrected chi connectivity index (χ3v) is 3.71. The van der Waals surface area contributed by atoms with E-state index >= 15 is 0 Å². The molecule has 3 rings (SSSR count). The Morgan fingerprint density at radius 3 is 3.00 bits per heavy atom. The zero-order chi connectivity index (χ0) is 14.8. The highest BCUT2D eigenvalue weighted by Crippen LogP contribution is 2.27. The maximum Gasteiger partial charge on any atom is 0.129 e. The van der Waals surface area contributed by atoms with Crippen molar-refractivity contribution in [2.45, 2.75) is 19.9 Å². The molecule has 0 bridgehead atoms. The molecule has 0 aliphatic carbocycles. The van der Waals surface area contributed by atoms with Crippen LogP contribution in [0.3, 0.4) is 0 Å². The molecule has 0 fully saturated rings. The van der Waals surface area contributed by atoms with Crippen LogP contribution in [-0.4, -0.2) is 6.61 Å². The molecular formula is C17H15FN2O. The van der Waals surface area contributed by atoms with Gasteiger partial charge in [0.05, 0.1) is 18.2 Å². The second-order valence-electron chi connectivity index (χ2n) is 5.14. The van der Waals surface area contributed by atoms with Crippen LogP contribution in [0.1, 0.15) is 22.3 Å². The minimum Gasteiger partial charge on any atom is -0.493 e. The van der Waals surface area contributed by atoms with Crippen molar-refractivity contribution >= 4 is 5.69 Å². The van der Waals surface area contributed by atoms with Gasteiger partial charge in [0.2, 0.25) is 0 Å². The molecule has 2 aromatic rings. The standard InChI is InChI=1S/C17H15FN2O/c1-11-15(18)7-13(9-19)8-16(11)20-10-12-2-3-17-14(6-12)4-5-21-17/h2-3,6-8,20H,4-5,10H2,1H3. The molecule has 1 N–H and O–H groups in total. The molecule has 0 saturated carbocycles. The van der Waals surface area contributed by atoms with Crippen LogP contribution in [-0.2, 0) is 13.0 Å². The van der Waals surface area contributed by atoms with Gasteiger partial charge in [0, 0.05) is 24.2 Å². The normalized spacial score (nSPS) is 12.4. The van der Waals surface area contributed by atoms with E-state index in [1.807, 2.05) is 18.2 Å². The van der Waals surface area contributed by atoms with Gasteiger partial charge in [-0.1, -0.05) is 12.1 Å². The molecule has 106 valence electrons. The molecule has 2 aromatic carbocycles. The molecular weight excluding hydrogens is 267 g/mol. The Morgan fingerprint density at radius 2 is 2.19 bits per heavy atom. The molecule has 0 unspecified atom stereocenters. The molecule has 0 radical (unpaired) electrons. The molecule has 0 amide bonds. The van der Waals surface area contributed by atoms with Gasteiger partial charge in [0.1, 0.15) is 11.6 Å². The van der Waals surface area contributed by atoms with Crippen LogP contribution >= 0.6 is 0 Å². The zero-order valence-electron chi connectivity index (χ0n) is 11.7. The fourth-order valence-corrected chi connectivity index (χ4v) is 2.47. The number of hydrogen-bond donors (Lipinski definition) is 1. The van der Waals surface area contributed by atoms with E-state index in [-0.39, 0.29) is 5.82 Å². The van der Waals surface area contributed by atoms with Gasteiger partial charge in [-0.2, -0.15) is 5.26 Å². The average Bonchev–Trinajstić information content (AvgIpc) is 2.96. The maximum absolute atomic E-state index is 13.7. The van der Waals surface area contributed by atoms with Gasteiger partial charge in [0.15, 0.2) is 0 Å². The van der Waals surface area contributed by atoms with Gasteiger partial charge < -0.3 is 10.1 Å². The number of benzene rings is 2. The number of anilines is 1. The highest BCUT2D eigenvalue weighted by molar-refractivity contribution is 5.56. The second kappa shape index (κ2) is 5.45. The number of nitrogens with one attached hydrogen (secondary N) is 1. The fourth-order valence-electron chi connectivity index (χ4n) is 2.47. The molecule has 1 aliphatic rings. The third kappa shape index (κ3) is 2.68. The van der Waals surface area contributed by atoms with E-state index in [1.165, 1.54) is 11.6 Å². The molecule has 3 nitrogen and oxygen atoms in total. The Labute approximate surface area is 123 Å². The lowest BCUT2D eigenvalue weighted by Gasteiger charge is -2.11. The Balaban J connectivity index is 1.79. The Kier molecular flexibility index (Phi) is 3.49. The molecule has 21 heavy (non-hydrogen) atoms. The Bertz CT molecular complexity index is 734. The quantitative estimate of drug-likeness (QED) is 0.936. The first kappa shape index (κ1) is 13.4. The fraction of sp³-hybridized carbons (Fsp3) is 0.235. The number of fused-ring (bicyclic) bond motifs is 1. The van der Waals surface area contributed by atoms with Crippen LogP contribution in [0, 0.1) is 24.1 Å². The van der Waals surface area contributed by atoms with Crippen molar-refractivity contribution in [1.82, 2.24) is 0 Å². The van der Waals surface area contributed by atoms with E-state index in [0.29, 0.717) is 23.4 Å². The number of ether oxygens (including phenoxy) is 1. The molecule has 0 aromatic heterocycles. The van der Waals surface area contributed by atoms with Crippen LogP contribution in [0.4, 0.5) is 10.1 Å². The van der Waals surface area contributed by atoms with Crippen molar-refractivity contribution in [2.75, 3.05) is 11.9 Å². The van der Waals surface area contributed by atoms with Crippen molar-refractivity contribution in [1.29, 1.82) is 5.26 Å². The van der Waals surface area contributed by atoms with Crippen LogP contribution in [0.25, 0.3) is 0 Å². The van der Waals surface area contributed by atoms with Crippen LogP contribution in [0.2, 0.25) is 0 Å². The van der Waals surface area contributed by atoms with Gasteiger partial charge in [-0.05, 0) is 36.2 Å². The van der Waals surface area contributed by atoms with Crippen molar-refractivity contribution < 1.29 is 9.13 Å². The van der Waals surface area contributed by atoms with Crippen LogP contribution in [0.15, 0.2) is 30.3 Å². The number of halogens is 1.